The number of aliphatic carboxylic acids is 1. The molecule has 1 saturated heterocycles. The van der Waals surface area contributed by atoms with E-state index in [0.717, 1.165) is 5.56 Å². The number of rotatable bonds is 5. The quantitative estimate of drug-likeness (QED) is 0.856. The second kappa shape index (κ2) is 5.46. The Labute approximate surface area is 121 Å². The molecule has 0 spiro atoms. The Morgan fingerprint density at radius 1 is 1.14 bits per heavy atom. The summed E-state index contributed by atoms with van der Waals surface area (Å²) in [7, 11) is 1.56. The molecule has 0 amide bonds. The van der Waals surface area contributed by atoms with Crippen LogP contribution in [-0.4, -0.2) is 24.3 Å². The van der Waals surface area contributed by atoms with Crippen molar-refractivity contribution in [2.45, 2.75) is 12.2 Å². The van der Waals surface area contributed by atoms with Crippen molar-refractivity contribution in [2.24, 2.45) is 0 Å². The predicted molar refractivity (Wildman–Crippen MR) is 74.8 cm³/mol. The molecule has 1 heterocycles. The molecule has 5 heteroatoms. The normalized spacial score (nSPS) is 19.9. The van der Waals surface area contributed by atoms with Crippen LogP contribution in [0.2, 0.25) is 0 Å². The van der Waals surface area contributed by atoms with Crippen LogP contribution in [0.5, 0.6) is 17.2 Å². The highest BCUT2D eigenvalue weighted by Gasteiger charge is 2.46. The van der Waals surface area contributed by atoms with E-state index in [1.807, 2.05) is 30.3 Å². The first-order valence-corrected chi connectivity index (χ1v) is 6.48. The van der Waals surface area contributed by atoms with Crippen molar-refractivity contribution in [2.75, 3.05) is 7.11 Å². The number of carboxylic acids is 1. The van der Waals surface area contributed by atoms with Gasteiger partial charge in [-0.2, -0.15) is 0 Å². The maximum Gasteiger partial charge on any atom is 0.335 e. The number of benzene rings is 2. The van der Waals surface area contributed by atoms with E-state index < -0.39 is 18.2 Å². The summed E-state index contributed by atoms with van der Waals surface area (Å²) in [5, 5.41) is 8.91. The Balaban J connectivity index is 1.86. The number of carboxylic acid groups (broad SMARTS) is 1. The van der Waals surface area contributed by atoms with E-state index in [1.165, 1.54) is 0 Å². The minimum Gasteiger partial charge on any atom is -0.493 e. The lowest BCUT2D eigenvalue weighted by Gasteiger charge is -2.11. The topological polar surface area (TPSA) is 68.3 Å². The van der Waals surface area contributed by atoms with Crippen molar-refractivity contribution < 1.29 is 24.1 Å². The van der Waals surface area contributed by atoms with E-state index in [1.54, 1.807) is 25.3 Å². The molecule has 2 atom stereocenters. The SMILES string of the molecule is COc1ccc(C2OC2C(=O)O)cc1Oc1ccccc1. The first-order valence-electron chi connectivity index (χ1n) is 6.48. The number of hydrogen-bond donors (Lipinski definition) is 1. The molecule has 0 aromatic heterocycles. The van der Waals surface area contributed by atoms with Gasteiger partial charge in [0.1, 0.15) is 11.9 Å². The predicted octanol–water partition coefficient (Wildman–Crippen LogP) is 3.01. The third-order valence-corrected chi connectivity index (χ3v) is 3.22. The standard InChI is InChI=1S/C16H14O5/c1-19-12-8-7-10(14-15(21-14)16(17)18)9-13(12)20-11-5-3-2-4-6-11/h2-9,14-15H,1H3,(H,17,18). The summed E-state index contributed by atoms with van der Waals surface area (Å²) in [6.07, 6.45) is -1.20. The molecule has 2 unspecified atom stereocenters. The van der Waals surface area contributed by atoms with Crippen LogP contribution in [0.4, 0.5) is 0 Å². The van der Waals surface area contributed by atoms with E-state index >= 15 is 0 Å². The molecular formula is C16H14O5. The molecular weight excluding hydrogens is 272 g/mol. The fourth-order valence-corrected chi connectivity index (χ4v) is 2.12. The molecule has 0 saturated carbocycles. The van der Waals surface area contributed by atoms with E-state index in [2.05, 4.69) is 0 Å². The summed E-state index contributed by atoms with van der Waals surface area (Å²) in [4.78, 5) is 10.9. The van der Waals surface area contributed by atoms with Gasteiger partial charge in [0.25, 0.3) is 0 Å². The molecule has 21 heavy (non-hydrogen) atoms. The van der Waals surface area contributed by atoms with Crippen molar-refractivity contribution in [3.05, 3.63) is 54.1 Å². The van der Waals surface area contributed by atoms with Gasteiger partial charge in [-0.05, 0) is 29.8 Å². The fourth-order valence-electron chi connectivity index (χ4n) is 2.12. The smallest absolute Gasteiger partial charge is 0.335 e. The molecule has 1 aliphatic heterocycles. The summed E-state index contributed by atoms with van der Waals surface area (Å²) in [6, 6.07) is 14.6. The van der Waals surface area contributed by atoms with Gasteiger partial charge in [0.2, 0.25) is 0 Å². The van der Waals surface area contributed by atoms with Crippen molar-refractivity contribution in [1.82, 2.24) is 0 Å². The Hall–Kier alpha value is -2.53. The van der Waals surface area contributed by atoms with E-state index in [4.69, 9.17) is 19.3 Å². The van der Waals surface area contributed by atoms with Gasteiger partial charge in [0.15, 0.2) is 17.6 Å². The molecule has 0 bridgehead atoms. The zero-order valence-electron chi connectivity index (χ0n) is 11.4. The van der Waals surface area contributed by atoms with Crippen molar-refractivity contribution >= 4 is 5.97 Å². The largest absolute Gasteiger partial charge is 0.493 e. The van der Waals surface area contributed by atoms with Crippen LogP contribution >= 0.6 is 0 Å². The fraction of sp³-hybridized carbons (Fsp3) is 0.188. The number of hydrogen-bond acceptors (Lipinski definition) is 4. The molecule has 0 radical (unpaired) electrons. The van der Waals surface area contributed by atoms with E-state index in [9.17, 15) is 4.79 Å². The highest BCUT2D eigenvalue weighted by molar-refractivity contribution is 5.76. The van der Waals surface area contributed by atoms with Crippen LogP contribution in [-0.2, 0) is 9.53 Å². The van der Waals surface area contributed by atoms with Crippen molar-refractivity contribution in [3.8, 4) is 17.2 Å². The average Bonchev–Trinajstić information content (AvgIpc) is 3.29. The zero-order chi connectivity index (χ0) is 14.8. The summed E-state index contributed by atoms with van der Waals surface area (Å²) < 4.78 is 16.2. The lowest BCUT2D eigenvalue weighted by Crippen LogP contribution is -2.05. The average molecular weight is 286 g/mol. The number of epoxide rings is 1. The van der Waals surface area contributed by atoms with E-state index in [-0.39, 0.29) is 0 Å². The molecule has 2 aromatic rings. The van der Waals surface area contributed by atoms with E-state index in [0.29, 0.717) is 17.2 Å². The first kappa shape index (κ1) is 13.5. The summed E-state index contributed by atoms with van der Waals surface area (Å²) >= 11 is 0. The highest BCUT2D eigenvalue weighted by Crippen LogP contribution is 2.42. The summed E-state index contributed by atoms with van der Waals surface area (Å²) in [5.41, 5.74) is 0.758. The van der Waals surface area contributed by atoms with Crippen LogP contribution in [0.25, 0.3) is 0 Å². The Morgan fingerprint density at radius 3 is 2.52 bits per heavy atom. The maximum atomic E-state index is 10.9. The summed E-state index contributed by atoms with van der Waals surface area (Å²) in [6.45, 7) is 0. The van der Waals surface area contributed by atoms with Gasteiger partial charge in [-0.25, -0.2) is 4.79 Å². The molecule has 0 aliphatic carbocycles. The van der Waals surface area contributed by atoms with Crippen LogP contribution in [0.3, 0.4) is 0 Å². The molecule has 1 N–H and O–H groups in total. The zero-order valence-corrected chi connectivity index (χ0v) is 11.4. The minimum absolute atomic E-state index is 0.425. The molecule has 2 aromatic carbocycles. The molecule has 108 valence electrons. The monoisotopic (exact) mass is 286 g/mol. The Morgan fingerprint density at radius 2 is 1.90 bits per heavy atom. The van der Waals surface area contributed by atoms with Crippen molar-refractivity contribution in [1.29, 1.82) is 0 Å². The van der Waals surface area contributed by atoms with Crippen molar-refractivity contribution in [3.63, 3.8) is 0 Å². The highest BCUT2D eigenvalue weighted by atomic mass is 16.6. The second-order valence-electron chi connectivity index (χ2n) is 4.64. The van der Waals surface area contributed by atoms with Crippen LogP contribution in [0, 0.1) is 0 Å². The Bertz CT molecular complexity index is 653. The van der Waals surface area contributed by atoms with Gasteiger partial charge in [-0.3, -0.25) is 0 Å². The maximum absolute atomic E-state index is 10.9. The third-order valence-electron chi connectivity index (χ3n) is 3.22. The summed E-state index contributed by atoms with van der Waals surface area (Å²) in [5.74, 6) is 0.830. The van der Waals surface area contributed by atoms with Crippen LogP contribution in [0.1, 0.15) is 11.7 Å². The molecule has 5 nitrogen and oxygen atoms in total. The molecule has 1 aliphatic rings. The number of methoxy groups -OCH3 is 1. The number of carbonyl (C=O) groups is 1. The van der Waals surface area contributed by atoms with Gasteiger partial charge >= 0.3 is 5.97 Å². The lowest BCUT2D eigenvalue weighted by molar-refractivity contribution is -0.138. The molecule has 3 rings (SSSR count). The van der Waals surface area contributed by atoms with Crippen LogP contribution < -0.4 is 9.47 Å². The number of para-hydroxylation sites is 1. The first-order chi connectivity index (χ1) is 10.2. The molecule has 1 fully saturated rings. The van der Waals surface area contributed by atoms with Gasteiger partial charge in [-0.1, -0.05) is 24.3 Å². The van der Waals surface area contributed by atoms with Crippen LogP contribution in [0.15, 0.2) is 48.5 Å². The lowest BCUT2D eigenvalue weighted by atomic mass is 10.1. The van der Waals surface area contributed by atoms with Gasteiger partial charge < -0.3 is 19.3 Å². The Kier molecular flexibility index (Phi) is 3.50. The minimum atomic E-state index is -0.957. The number of ether oxygens (including phenoxy) is 3. The van der Waals surface area contributed by atoms with Gasteiger partial charge in [0, 0.05) is 0 Å². The second-order valence-corrected chi connectivity index (χ2v) is 4.64. The third kappa shape index (κ3) is 2.83. The van der Waals surface area contributed by atoms with Gasteiger partial charge in [-0.15, -0.1) is 0 Å². The van der Waals surface area contributed by atoms with Gasteiger partial charge in [0.05, 0.1) is 7.11 Å².